The third-order valence-electron chi connectivity index (χ3n) is 2.13. The number of carboxylic acid groups (broad SMARTS) is 1. The summed E-state index contributed by atoms with van der Waals surface area (Å²) in [6.45, 7) is 1.75. The van der Waals surface area contributed by atoms with Crippen LogP contribution in [0.2, 0.25) is 0 Å². The van der Waals surface area contributed by atoms with Crippen molar-refractivity contribution in [2.75, 3.05) is 5.32 Å². The number of anilines is 2. The third-order valence-corrected chi connectivity index (χ3v) is 2.13. The molecular formula is C12H11N3O2. The summed E-state index contributed by atoms with van der Waals surface area (Å²) < 4.78 is 0. The lowest BCUT2D eigenvalue weighted by Gasteiger charge is -2.06. The van der Waals surface area contributed by atoms with Gasteiger partial charge in [-0.1, -0.05) is 0 Å². The summed E-state index contributed by atoms with van der Waals surface area (Å²) in [6, 6.07) is 6.63. The van der Waals surface area contributed by atoms with Crippen LogP contribution >= 0.6 is 0 Å². The fourth-order valence-corrected chi connectivity index (χ4v) is 1.44. The van der Waals surface area contributed by atoms with Crippen LogP contribution in [-0.2, 0) is 0 Å². The van der Waals surface area contributed by atoms with E-state index in [1.165, 1.54) is 12.1 Å². The van der Waals surface area contributed by atoms with E-state index in [1.807, 2.05) is 6.07 Å². The van der Waals surface area contributed by atoms with Crippen LogP contribution in [0, 0.1) is 6.92 Å². The van der Waals surface area contributed by atoms with Crippen molar-refractivity contribution in [3.05, 3.63) is 47.9 Å². The van der Waals surface area contributed by atoms with Crippen LogP contribution in [0.1, 0.15) is 16.1 Å². The molecule has 2 N–H and O–H groups in total. The first kappa shape index (κ1) is 11.1. The molecule has 0 radical (unpaired) electrons. The van der Waals surface area contributed by atoms with Crippen molar-refractivity contribution >= 4 is 17.5 Å². The van der Waals surface area contributed by atoms with Crippen molar-refractivity contribution in [1.82, 2.24) is 9.97 Å². The monoisotopic (exact) mass is 229 g/mol. The molecule has 2 aromatic rings. The number of aryl methyl sites for hydroxylation is 1. The van der Waals surface area contributed by atoms with Gasteiger partial charge in [-0.25, -0.2) is 9.78 Å². The lowest BCUT2D eigenvalue weighted by atomic mass is 10.2. The highest BCUT2D eigenvalue weighted by molar-refractivity contribution is 5.88. The Morgan fingerprint density at radius 3 is 2.88 bits per heavy atom. The van der Waals surface area contributed by atoms with E-state index < -0.39 is 5.97 Å². The Morgan fingerprint density at radius 1 is 1.41 bits per heavy atom. The minimum absolute atomic E-state index is 0.212. The zero-order chi connectivity index (χ0) is 12.3. The number of pyridine rings is 2. The minimum atomic E-state index is -0.968. The maximum Gasteiger partial charge on any atom is 0.335 e. The molecule has 0 bridgehead atoms. The van der Waals surface area contributed by atoms with Crippen LogP contribution < -0.4 is 5.32 Å². The lowest BCUT2D eigenvalue weighted by molar-refractivity contribution is 0.0696. The molecular weight excluding hydrogens is 218 g/mol. The van der Waals surface area contributed by atoms with Crippen LogP contribution in [0.15, 0.2) is 36.7 Å². The van der Waals surface area contributed by atoms with Gasteiger partial charge in [0.15, 0.2) is 0 Å². The topological polar surface area (TPSA) is 75.1 Å². The predicted molar refractivity (Wildman–Crippen MR) is 63.5 cm³/mol. The number of carbonyl (C=O) groups is 1. The van der Waals surface area contributed by atoms with Gasteiger partial charge in [0.25, 0.3) is 0 Å². The van der Waals surface area contributed by atoms with Gasteiger partial charge in [0, 0.05) is 11.9 Å². The summed E-state index contributed by atoms with van der Waals surface area (Å²) in [6.07, 6.45) is 3.31. The third kappa shape index (κ3) is 2.78. The van der Waals surface area contributed by atoms with Crippen molar-refractivity contribution in [3.8, 4) is 0 Å². The maximum atomic E-state index is 10.9. The van der Waals surface area contributed by atoms with E-state index in [9.17, 15) is 4.79 Å². The Balaban J connectivity index is 2.30. The van der Waals surface area contributed by atoms with E-state index in [0.717, 1.165) is 5.69 Å². The highest BCUT2D eigenvalue weighted by atomic mass is 16.4. The van der Waals surface area contributed by atoms with Crippen LogP contribution in [0.4, 0.5) is 11.5 Å². The lowest BCUT2D eigenvalue weighted by Crippen LogP contribution is -2.02. The van der Waals surface area contributed by atoms with Crippen LogP contribution in [-0.4, -0.2) is 21.0 Å². The molecule has 0 aliphatic carbocycles. The Hall–Kier alpha value is -2.43. The summed E-state index contributed by atoms with van der Waals surface area (Å²) in [5.74, 6) is -0.472. The van der Waals surface area contributed by atoms with E-state index in [2.05, 4.69) is 15.3 Å². The Kier molecular flexibility index (Phi) is 3.00. The normalized spacial score (nSPS) is 9.94. The van der Waals surface area contributed by atoms with Gasteiger partial charge in [-0.15, -0.1) is 0 Å². The standard InChI is InChI=1S/C12H11N3O2/c1-8-5-9(12(16)17)6-11(14-8)15-10-3-2-4-13-7-10/h2-7H,1H3,(H,14,15)(H,16,17). The SMILES string of the molecule is Cc1cc(C(=O)O)cc(Nc2cccnc2)n1. The molecule has 2 heterocycles. The van der Waals surface area contributed by atoms with Crippen LogP contribution in [0.25, 0.3) is 0 Å². The van der Waals surface area contributed by atoms with Gasteiger partial charge in [-0.05, 0) is 31.2 Å². The van der Waals surface area contributed by atoms with Gasteiger partial charge in [0.2, 0.25) is 0 Å². The van der Waals surface area contributed by atoms with Crippen LogP contribution in [0.3, 0.4) is 0 Å². The fourth-order valence-electron chi connectivity index (χ4n) is 1.44. The van der Waals surface area contributed by atoms with E-state index in [0.29, 0.717) is 11.5 Å². The molecule has 0 atom stereocenters. The van der Waals surface area contributed by atoms with E-state index >= 15 is 0 Å². The first-order valence-electron chi connectivity index (χ1n) is 5.04. The van der Waals surface area contributed by atoms with Gasteiger partial charge in [-0.3, -0.25) is 4.98 Å². The molecule has 0 amide bonds. The second-order valence-electron chi connectivity index (χ2n) is 3.55. The molecule has 86 valence electrons. The molecule has 5 heteroatoms. The second-order valence-corrected chi connectivity index (χ2v) is 3.55. The number of hydrogen-bond acceptors (Lipinski definition) is 4. The maximum absolute atomic E-state index is 10.9. The minimum Gasteiger partial charge on any atom is -0.478 e. The molecule has 17 heavy (non-hydrogen) atoms. The van der Waals surface area contributed by atoms with Crippen molar-refractivity contribution in [2.24, 2.45) is 0 Å². The van der Waals surface area contributed by atoms with Crippen molar-refractivity contribution < 1.29 is 9.90 Å². The molecule has 0 aromatic carbocycles. The zero-order valence-corrected chi connectivity index (χ0v) is 9.21. The smallest absolute Gasteiger partial charge is 0.335 e. The number of rotatable bonds is 3. The van der Waals surface area contributed by atoms with Crippen molar-refractivity contribution in [3.63, 3.8) is 0 Å². The fraction of sp³-hybridized carbons (Fsp3) is 0.0833. The molecule has 0 saturated carbocycles. The Labute approximate surface area is 98.2 Å². The zero-order valence-electron chi connectivity index (χ0n) is 9.21. The predicted octanol–water partition coefficient (Wildman–Crippen LogP) is 2.23. The summed E-state index contributed by atoms with van der Waals surface area (Å²) in [7, 11) is 0. The number of hydrogen-bond donors (Lipinski definition) is 2. The molecule has 0 aliphatic heterocycles. The Bertz CT molecular complexity index is 541. The summed E-state index contributed by atoms with van der Waals surface area (Å²) in [5, 5.41) is 11.9. The molecule has 0 unspecified atom stereocenters. The number of aromatic carboxylic acids is 1. The number of aromatic nitrogens is 2. The molecule has 2 rings (SSSR count). The Morgan fingerprint density at radius 2 is 2.24 bits per heavy atom. The molecule has 0 aliphatic rings. The molecule has 5 nitrogen and oxygen atoms in total. The van der Waals surface area contributed by atoms with Gasteiger partial charge >= 0.3 is 5.97 Å². The van der Waals surface area contributed by atoms with Gasteiger partial charge < -0.3 is 10.4 Å². The largest absolute Gasteiger partial charge is 0.478 e. The average Bonchev–Trinajstić information content (AvgIpc) is 2.29. The van der Waals surface area contributed by atoms with Gasteiger partial charge in [0.1, 0.15) is 5.82 Å². The van der Waals surface area contributed by atoms with Crippen molar-refractivity contribution in [1.29, 1.82) is 0 Å². The van der Waals surface area contributed by atoms with E-state index in [1.54, 1.807) is 25.4 Å². The first-order valence-corrected chi connectivity index (χ1v) is 5.04. The average molecular weight is 229 g/mol. The number of nitrogens with one attached hydrogen (secondary N) is 1. The number of nitrogens with zero attached hydrogens (tertiary/aromatic N) is 2. The van der Waals surface area contributed by atoms with Gasteiger partial charge in [0.05, 0.1) is 17.4 Å². The summed E-state index contributed by atoms with van der Waals surface area (Å²) in [5.41, 5.74) is 1.63. The molecule has 0 spiro atoms. The molecule has 0 fully saturated rings. The summed E-state index contributed by atoms with van der Waals surface area (Å²) >= 11 is 0. The second kappa shape index (κ2) is 4.61. The van der Waals surface area contributed by atoms with Crippen LogP contribution in [0.5, 0.6) is 0 Å². The highest BCUT2D eigenvalue weighted by Gasteiger charge is 2.06. The van der Waals surface area contributed by atoms with Gasteiger partial charge in [-0.2, -0.15) is 0 Å². The number of carboxylic acids is 1. The quantitative estimate of drug-likeness (QED) is 0.844. The molecule has 0 saturated heterocycles. The summed E-state index contributed by atoms with van der Waals surface area (Å²) in [4.78, 5) is 19.1. The highest BCUT2D eigenvalue weighted by Crippen LogP contribution is 2.15. The van der Waals surface area contributed by atoms with E-state index in [-0.39, 0.29) is 5.56 Å². The van der Waals surface area contributed by atoms with E-state index in [4.69, 9.17) is 5.11 Å². The van der Waals surface area contributed by atoms with Crippen molar-refractivity contribution in [2.45, 2.75) is 6.92 Å². The first-order chi connectivity index (χ1) is 8.15. The molecule has 2 aromatic heterocycles.